The monoisotopic (exact) mass is 256 g/mol. The average molecular weight is 256 g/mol. The molecule has 0 unspecified atom stereocenters. The van der Waals surface area contributed by atoms with Crippen LogP contribution in [-0.2, 0) is 0 Å². The van der Waals surface area contributed by atoms with Crippen LogP contribution < -0.4 is 0 Å². The van der Waals surface area contributed by atoms with E-state index in [1.807, 2.05) is 26.8 Å². The van der Waals surface area contributed by atoms with Crippen molar-refractivity contribution in [1.82, 2.24) is 15.0 Å². The van der Waals surface area contributed by atoms with Gasteiger partial charge in [0.2, 0.25) is 0 Å². The molecule has 0 spiro atoms. The van der Waals surface area contributed by atoms with Crippen LogP contribution in [0.15, 0.2) is 28.5 Å². The fourth-order valence-electron chi connectivity index (χ4n) is 1.54. The summed E-state index contributed by atoms with van der Waals surface area (Å²) in [5, 5.41) is 9.81. The molecule has 2 aromatic heterocycles. The molecule has 0 atom stereocenters. The van der Waals surface area contributed by atoms with Gasteiger partial charge in [-0.2, -0.15) is 5.26 Å². The van der Waals surface area contributed by atoms with Crippen LogP contribution in [0.3, 0.4) is 0 Å². The van der Waals surface area contributed by atoms with Crippen LogP contribution in [0, 0.1) is 32.1 Å². The molecule has 0 saturated carbocycles. The average Bonchev–Trinajstić information content (AvgIpc) is 2.32. The Morgan fingerprint density at radius 3 is 2.44 bits per heavy atom. The minimum atomic E-state index is 0.592. The Balaban J connectivity index is 2.40. The first kappa shape index (κ1) is 12.5. The predicted octanol–water partition coefficient (Wildman–Crippen LogP) is 2.82. The first-order valence-electron chi connectivity index (χ1n) is 5.45. The lowest BCUT2D eigenvalue weighted by atomic mass is 10.2. The Morgan fingerprint density at radius 2 is 1.83 bits per heavy atom. The lowest BCUT2D eigenvalue weighted by molar-refractivity contribution is 0.947. The van der Waals surface area contributed by atoms with Gasteiger partial charge in [-0.3, -0.25) is 4.98 Å². The van der Waals surface area contributed by atoms with Gasteiger partial charge >= 0.3 is 0 Å². The van der Waals surface area contributed by atoms with E-state index in [2.05, 4.69) is 21.0 Å². The predicted molar refractivity (Wildman–Crippen MR) is 69.3 cm³/mol. The molecule has 2 rings (SSSR count). The maximum atomic E-state index is 9.17. The van der Waals surface area contributed by atoms with Crippen LogP contribution >= 0.6 is 11.8 Å². The summed E-state index contributed by atoms with van der Waals surface area (Å²) in [4.78, 5) is 13.6. The standard InChI is InChI=1S/C13H12N4S/c1-8-6-15-13(16-7-8)18-12-4-9(2)17-10(3)11(12)5-14/h4,6-7H,1-3H3. The number of rotatable bonds is 2. The molecule has 0 N–H and O–H groups in total. The van der Waals surface area contributed by atoms with E-state index in [1.165, 1.54) is 11.8 Å². The fourth-order valence-corrected chi connectivity index (χ4v) is 2.47. The van der Waals surface area contributed by atoms with E-state index in [0.29, 0.717) is 10.7 Å². The summed E-state index contributed by atoms with van der Waals surface area (Å²) in [6, 6.07) is 4.07. The lowest BCUT2D eigenvalue weighted by Gasteiger charge is -2.06. The number of nitriles is 1. The van der Waals surface area contributed by atoms with E-state index < -0.39 is 0 Å². The summed E-state index contributed by atoms with van der Waals surface area (Å²) in [5.74, 6) is 0. The number of aryl methyl sites for hydroxylation is 3. The van der Waals surface area contributed by atoms with Gasteiger partial charge in [0.15, 0.2) is 5.16 Å². The molecule has 5 heteroatoms. The highest BCUT2D eigenvalue weighted by Gasteiger charge is 2.10. The second-order valence-electron chi connectivity index (χ2n) is 3.98. The van der Waals surface area contributed by atoms with Crippen molar-refractivity contribution in [3.8, 4) is 6.07 Å². The Hall–Kier alpha value is -1.93. The van der Waals surface area contributed by atoms with Crippen molar-refractivity contribution in [2.45, 2.75) is 30.8 Å². The van der Waals surface area contributed by atoms with E-state index in [4.69, 9.17) is 5.26 Å². The van der Waals surface area contributed by atoms with Gasteiger partial charge in [-0.25, -0.2) is 9.97 Å². The number of hydrogen-bond donors (Lipinski definition) is 0. The van der Waals surface area contributed by atoms with Crippen LogP contribution in [0.1, 0.15) is 22.5 Å². The molecule has 0 aliphatic heterocycles. The highest BCUT2D eigenvalue weighted by atomic mass is 32.2. The second-order valence-corrected chi connectivity index (χ2v) is 4.99. The first-order valence-corrected chi connectivity index (χ1v) is 6.26. The maximum Gasteiger partial charge on any atom is 0.192 e. The van der Waals surface area contributed by atoms with Crippen molar-refractivity contribution in [2.75, 3.05) is 0 Å². The lowest BCUT2D eigenvalue weighted by Crippen LogP contribution is -1.95. The Kier molecular flexibility index (Phi) is 3.58. The van der Waals surface area contributed by atoms with Gasteiger partial charge in [-0.05, 0) is 44.2 Å². The summed E-state index contributed by atoms with van der Waals surface area (Å²) < 4.78 is 0. The number of aromatic nitrogens is 3. The summed E-state index contributed by atoms with van der Waals surface area (Å²) in [5.41, 5.74) is 3.24. The van der Waals surface area contributed by atoms with E-state index in [0.717, 1.165) is 21.8 Å². The van der Waals surface area contributed by atoms with Gasteiger partial charge in [0.25, 0.3) is 0 Å². The van der Waals surface area contributed by atoms with Crippen molar-refractivity contribution in [2.24, 2.45) is 0 Å². The summed E-state index contributed by atoms with van der Waals surface area (Å²) in [6.07, 6.45) is 3.53. The number of nitrogens with zero attached hydrogens (tertiary/aromatic N) is 4. The molecule has 4 nitrogen and oxygen atoms in total. The van der Waals surface area contributed by atoms with Crippen LogP contribution in [-0.4, -0.2) is 15.0 Å². The summed E-state index contributed by atoms with van der Waals surface area (Å²) in [6.45, 7) is 5.69. The third-order valence-corrected chi connectivity index (χ3v) is 3.30. The minimum Gasteiger partial charge on any atom is -0.257 e. The highest BCUT2D eigenvalue weighted by molar-refractivity contribution is 7.99. The highest BCUT2D eigenvalue weighted by Crippen LogP contribution is 2.29. The van der Waals surface area contributed by atoms with Crippen molar-refractivity contribution < 1.29 is 0 Å². The summed E-state index contributed by atoms with van der Waals surface area (Å²) >= 11 is 1.39. The van der Waals surface area contributed by atoms with Crippen LogP contribution in [0.25, 0.3) is 0 Å². The summed E-state index contributed by atoms with van der Waals surface area (Å²) in [7, 11) is 0. The Labute approximate surface area is 110 Å². The zero-order chi connectivity index (χ0) is 13.1. The molecular weight excluding hydrogens is 244 g/mol. The van der Waals surface area contributed by atoms with E-state index in [1.54, 1.807) is 12.4 Å². The molecule has 90 valence electrons. The fraction of sp³-hybridized carbons (Fsp3) is 0.231. The molecule has 0 amide bonds. The smallest absolute Gasteiger partial charge is 0.192 e. The molecule has 0 aliphatic rings. The molecular formula is C13H12N4S. The van der Waals surface area contributed by atoms with E-state index in [-0.39, 0.29) is 0 Å². The number of hydrogen-bond acceptors (Lipinski definition) is 5. The molecule has 0 radical (unpaired) electrons. The van der Waals surface area contributed by atoms with Gasteiger partial charge in [0.1, 0.15) is 6.07 Å². The molecule has 0 bridgehead atoms. The zero-order valence-electron chi connectivity index (χ0n) is 10.4. The van der Waals surface area contributed by atoms with Gasteiger partial charge in [-0.1, -0.05) is 0 Å². The molecule has 18 heavy (non-hydrogen) atoms. The molecule has 0 aliphatic carbocycles. The van der Waals surface area contributed by atoms with E-state index >= 15 is 0 Å². The molecule has 2 aromatic rings. The molecule has 0 saturated heterocycles. The van der Waals surface area contributed by atoms with E-state index in [9.17, 15) is 0 Å². The SMILES string of the molecule is Cc1cnc(Sc2cc(C)nc(C)c2C#N)nc1. The van der Waals surface area contributed by atoms with Crippen molar-refractivity contribution in [3.05, 3.63) is 41.0 Å². The molecule has 0 aromatic carbocycles. The van der Waals surface area contributed by atoms with Crippen LogP contribution in [0.4, 0.5) is 0 Å². The van der Waals surface area contributed by atoms with Gasteiger partial charge in [0, 0.05) is 23.0 Å². The van der Waals surface area contributed by atoms with Crippen molar-refractivity contribution in [1.29, 1.82) is 5.26 Å². The number of pyridine rings is 1. The van der Waals surface area contributed by atoms with Gasteiger partial charge in [-0.15, -0.1) is 0 Å². The second kappa shape index (κ2) is 5.15. The third-order valence-electron chi connectivity index (χ3n) is 2.36. The normalized spacial score (nSPS) is 10.1. The third kappa shape index (κ3) is 2.66. The van der Waals surface area contributed by atoms with Crippen LogP contribution in [0.2, 0.25) is 0 Å². The Bertz CT molecular complexity index is 614. The van der Waals surface area contributed by atoms with Crippen molar-refractivity contribution >= 4 is 11.8 Å². The maximum absolute atomic E-state index is 9.17. The Morgan fingerprint density at radius 1 is 1.17 bits per heavy atom. The largest absolute Gasteiger partial charge is 0.257 e. The minimum absolute atomic E-state index is 0.592. The topological polar surface area (TPSA) is 62.5 Å². The molecule has 2 heterocycles. The van der Waals surface area contributed by atoms with Crippen molar-refractivity contribution in [3.63, 3.8) is 0 Å². The first-order chi connectivity index (χ1) is 8.60. The zero-order valence-corrected chi connectivity index (χ0v) is 11.2. The van der Waals surface area contributed by atoms with Gasteiger partial charge < -0.3 is 0 Å². The molecule has 0 fully saturated rings. The van der Waals surface area contributed by atoms with Crippen LogP contribution in [0.5, 0.6) is 0 Å². The van der Waals surface area contributed by atoms with Gasteiger partial charge in [0.05, 0.1) is 11.3 Å². The quantitative estimate of drug-likeness (QED) is 0.773.